The number of rotatable bonds is 3. The van der Waals surface area contributed by atoms with Gasteiger partial charge in [0.15, 0.2) is 11.4 Å². The molecule has 0 aromatic heterocycles. The summed E-state index contributed by atoms with van der Waals surface area (Å²) in [6.07, 6.45) is 2.59. The van der Waals surface area contributed by atoms with Crippen LogP contribution in [0.4, 0.5) is 0 Å². The Morgan fingerprint density at radius 3 is 2.29 bits per heavy atom. The molecule has 2 aromatic carbocycles. The second-order valence-electron chi connectivity index (χ2n) is 4.84. The highest BCUT2D eigenvalue weighted by Crippen LogP contribution is 2.34. The summed E-state index contributed by atoms with van der Waals surface area (Å²) in [6, 6.07) is 20.3. The van der Waals surface area contributed by atoms with Crippen LogP contribution in [0.2, 0.25) is 0 Å². The third kappa shape index (κ3) is 2.37. The molecular weight excluding hydrogens is 262 g/mol. The molecule has 0 saturated carbocycles. The maximum atomic E-state index is 12.4. The predicted octanol–water partition coefficient (Wildman–Crippen LogP) is 3.24. The first-order valence-corrected chi connectivity index (χ1v) is 6.68. The molecule has 0 bridgehead atoms. The van der Waals surface area contributed by atoms with Crippen molar-refractivity contribution in [3.05, 3.63) is 83.9 Å². The Balaban J connectivity index is 1.87. The van der Waals surface area contributed by atoms with Crippen LogP contribution in [-0.2, 0) is 10.3 Å². The van der Waals surface area contributed by atoms with Gasteiger partial charge in [-0.05, 0) is 12.2 Å². The topological polar surface area (TPSA) is 50.1 Å². The molecule has 0 fully saturated rings. The highest BCUT2D eigenvalue weighted by atomic mass is 16.5. The fourth-order valence-corrected chi connectivity index (χ4v) is 2.39. The third-order valence-corrected chi connectivity index (χ3v) is 3.50. The summed E-state index contributed by atoms with van der Waals surface area (Å²) in [7, 11) is 0. The van der Waals surface area contributed by atoms with E-state index in [1.54, 1.807) is 36.4 Å². The monoisotopic (exact) mass is 275 g/mol. The molecule has 0 spiro atoms. The maximum absolute atomic E-state index is 12.4. The van der Waals surface area contributed by atoms with Crippen molar-refractivity contribution in [2.75, 3.05) is 0 Å². The van der Waals surface area contributed by atoms with Gasteiger partial charge in [0.1, 0.15) is 12.2 Å². The Labute approximate surface area is 123 Å². The van der Waals surface area contributed by atoms with Crippen LogP contribution in [0, 0.1) is 11.3 Å². The zero-order valence-corrected chi connectivity index (χ0v) is 11.3. The fraction of sp³-hybridized carbons (Fsp3) is 0.111. The molecule has 0 saturated heterocycles. The number of ketones is 1. The molecule has 3 heteroatoms. The zero-order chi connectivity index (χ0) is 14.7. The summed E-state index contributed by atoms with van der Waals surface area (Å²) < 4.78 is 5.78. The van der Waals surface area contributed by atoms with Crippen molar-refractivity contribution in [3.63, 3.8) is 0 Å². The molecule has 1 aliphatic rings. The van der Waals surface area contributed by atoms with Crippen LogP contribution in [0.25, 0.3) is 0 Å². The van der Waals surface area contributed by atoms with Gasteiger partial charge in [-0.2, -0.15) is 5.26 Å². The van der Waals surface area contributed by atoms with Gasteiger partial charge in [0.05, 0.1) is 0 Å². The molecule has 0 N–H and O–H groups in total. The second-order valence-corrected chi connectivity index (χ2v) is 4.84. The molecule has 0 amide bonds. The van der Waals surface area contributed by atoms with Crippen molar-refractivity contribution < 1.29 is 9.53 Å². The molecular formula is C18H13NO2. The van der Waals surface area contributed by atoms with Crippen molar-refractivity contribution in [3.8, 4) is 6.07 Å². The molecule has 1 aliphatic heterocycles. The molecule has 2 atom stereocenters. The van der Waals surface area contributed by atoms with Crippen LogP contribution in [0.3, 0.4) is 0 Å². The van der Waals surface area contributed by atoms with Crippen LogP contribution in [0.5, 0.6) is 0 Å². The summed E-state index contributed by atoms with van der Waals surface area (Å²) in [5.41, 5.74) is 0.122. The minimum absolute atomic E-state index is 0.139. The number of benzene rings is 2. The van der Waals surface area contributed by atoms with Crippen LogP contribution >= 0.6 is 0 Å². The Kier molecular flexibility index (Phi) is 3.39. The molecule has 3 rings (SSSR count). The maximum Gasteiger partial charge on any atom is 0.199 e. The molecule has 0 radical (unpaired) electrons. The normalized spacial score (nSPS) is 23.7. The number of hydrogen-bond donors (Lipinski definition) is 0. The predicted molar refractivity (Wildman–Crippen MR) is 78.5 cm³/mol. The van der Waals surface area contributed by atoms with E-state index in [4.69, 9.17) is 4.74 Å². The fourth-order valence-electron chi connectivity index (χ4n) is 2.39. The highest BCUT2D eigenvalue weighted by Gasteiger charge is 2.40. The van der Waals surface area contributed by atoms with E-state index in [1.165, 1.54) is 0 Å². The molecule has 21 heavy (non-hydrogen) atoms. The largest absolute Gasteiger partial charge is 0.337 e. The van der Waals surface area contributed by atoms with E-state index in [-0.39, 0.29) is 5.78 Å². The number of Topliss-reactive ketones (excluding diaryl/α,β-unsaturated/α-hetero) is 1. The molecule has 102 valence electrons. The minimum Gasteiger partial charge on any atom is -0.337 e. The zero-order valence-electron chi connectivity index (χ0n) is 11.3. The molecule has 2 aromatic rings. The lowest BCUT2D eigenvalue weighted by molar-refractivity contribution is 0.0146. The Morgan fingerprint density at radius 1 is 1.05 bits per heavy atom. The van der Waals surface area contributed by atoms with E-state index in [9.17, 15) is 10.1 Å². The van der Waals surface area contributed by atoms with Gasteiger partial charge in [0.2, 0.25) is 0 Å². The number of nitrogens with zero attached hydrogens (tertiary/aromatic N) is 1. The second kappa shape index (κ2) is 5.35. The first kappa shape index (κ1) is 13.3. The van der Waals surface area contributed by atoms with Crippen molar-refractivity contribution in [1.82, 2.24) is 0 Å². The SMILES string of the molecule is N#C[C@]1(c2ccccc2)C=C[C@H](C(=O)c2ccccc2)O1. The standard InChI is InChI=1S/C18H13NO2/c19-13-18(15-9-5-2-6-10-15)12-11-16(21-18)17(20)14-7-3-1-4-8-14/h1-12,16H/t16-,18+/m1/s1. The van der Waals surface area contributed by atoms with Crippen molar-refractivity contribution in [2.24, 2.45) is 0 Å². The Bertz CT molecular complexity index is 716. The van der Waals surface area contributed by atoms with E-state index in [0.717, 1.165) is 5.56 Å². The molecule has 1 heterocycles. The van der Waals surface area contributed by atoms with Gasteiger partial charge in [-0.15, -0.1) is 0 Å². The van der Waals surface area contributed by atoms with E-state index < -0.39 is 11.7 Å². The van der Waals surface area contributed by atoms with Crippen LogP contribution in [0.15, 0.2) is 72.8 Å². The van der Waals surface area contributed by atoms with E-state index in [0.29, 0.717) is 5.56 Å². The smallest absolute Gasteiger partial charge is 0.199 e. The summed E-state index contributed by atoms with van der Waals surface area (Å²) >= 11 is 0. The number of carbonyl (C=O) groups is 1. The molecule has 0 unspecified atom stereocenters. The molecule has 0 aliphatic carbocycles. The van der Waals surface area contributed by atoms with Gasteiger partial charge in [0, 0.05) is 11.1 Å². The van der Waals surface area contributed by atoms with Gasteiger partial charge in [0.25, 0.3) is 0 Å². The van der Waals surface area contributed by atoms with Gasteiger partial charge in [-0.25, -0.2) is 0 Å². The van der Waals surface area contributed by atoms with Gasteiger partial charge in [-0.1, -0.05) is 60.7 Å². The number of ether oxygens (including phenoxy) is 1. The first-order chi connectivity index (χ1) is 10.2. The van der Waals surface area contributed by atoms with Gasteiger partial charge < -0.3 is 4.74 Å². The average Bonchev–Trinajstić information content (AvgIpc) is 3.02. The quantitative estimate of drug-likeness (QED) is 0.638. The van der Waals surface area contributed by atoms with Gasteiger partial charge >= 0.3 is 0 Å². The lowest BCUT2D eigenvalue weighted by Crippen LogP contribution is -2.29. The number of hydrogen-bond acceptors (Lipinski definition) is 3. The minimum atomic E-state index is -1.18. The van der Waals surface area contributed by atoms with Crippen molar-refractivity contribution in [2.45, 2.75) is 11.7 Å². The number of carbonyl (C=O) groups excluding carboxylic acids is 1. The van der Waals surface area contributed by atoms with E-state index in [2.05, 4.69) is 6.07 Å². The summed E-state index contributed by atoms with van der Waals surface area (Å²) in [4.78, 5) is 12.4. The van der Waals surface area contributed by atoms with Gasteiger partial charge in [-0.3, -0.25) is 4.79 Å². The average molecular weight is 275 g/mol. The van der Waals surface area contributed by atoms with Crippen molar-refractivity contribution in [1.29, 1.82) is 5.26 Å². The summed E-state index contributed by atoms with van der Waals surface area (Å²) in [6.45, 7) is 0. The Hall–Kier alpha value is -2.70. The van der Waals surface area contributed by atoms with Crippen LogP contribution in [0.1, 0.15) is 15.9 Å². The van der Waals surface area contributed by atoms with Crippen molar-refractivity contribution >= 4 is 5.78 Å². The van der Waals surface area contributed by atoms with E-state index >= 15 is 0 Å². The Morgan fingerprint density at radius 2 is 1.67 bits per heavy atom. The summed E-state index contributed by atoms with van der Waals surface area (Å²) in [5, 5.41) is 9.50. The lowest BCUT2D eigenvalue weighted by Gasteiger charge is -2.21. The van der Waals surface area contributed by atoms with Crippen LogP contribution < -0.4 is 0 Å². The number of nitriles is 1. The highest BCUT2D eigenvalue weighted by molar-refractivity contribution is 6.01. The van der Waals surface area contributed by atoms with E-state index in [1.807, 2.05) is 36.4 Å². The lowest BCUT2D eigenvalue weighted by atomic mass is 9.96. The molecule has 3 nitrogen and oxygen atoms in total. The third-order valence-electron chi connectivity index (χ3n) is 3.50. The summed E-state index contributed by atoms with van der Waals surface area (Å²) in [5.74, 6) is -0.139. The first-order valence-electron chi connectivity index (χ1n) is 6.68. The van der Waals surface area contributed by atoms with Crippen LogP contribution in [-0.4, -0.2) is 11.9 Å².